The smallest absolute Gasteiger partial charge is 0.125 e. The summed E-state index contributed by atoms with van der Waals surface area (Å²) in [7, 11) is 0. The van der Waals surface area contributed by atoms with E-state index in [1.807, 2.05) is 24.3 Å². The average Bonchev–Trinajstić information content (AvgIpc) is 2.67. The Morgan fingerprint density at radius 2 is 0.667 bits per heavy atom. The molecule has 0 bridgehead atoms. The average molecular weight is 547 g/mol. The Morgan fingerprint density at radius 1 is 0.433 bits per heavy atom. The van der Waals surface area contributed by atoms with Crippen LogP contribution in [0.5, 0.6) is 0 Å². The van der Waals surface area contributed by atoms with E-state index in [1.54, 1.807) is 0 Å². The molecule has 0 unspecified atom stereocenters. The molecule has 0 spiro atoms. The molecule has 0 radical (unpaired) electrons. The van der Waals surface area contributed by atoms with Gasteiger partial charge in [0.2, 0.25) is 0 Å². The van der Waals surface area contributed by atoms with Gasteiger partial charge in [0, 0.05) is 11.1 Å². The van der Waals surface area contributed by atoms with Gasteiger partial charge in [-0.05, 0) is 43.8 Å². The van der Waals surface area contributed by atoms with E-state index in [4.69, 9.17) is 66.5 Å². The van der Waals surface area contributed by atoms with E-state index < -0.39 is 12.0 Å². The zero-order chi connectivity index (χ0) is 21.3. The van der Waals surface area contributed by atoms with E-state index >= 15 is 0 Å². The standard InChI is InChI=1S/C22H14Cl6Si2/c23-29(24,25)21-17-9-13-5-1-2-6-14(13)10-18(17)22(30(26,27)28)20-12-16-8-4-3-7-15(16)11-19(20)21/h1-12,21-22H. The maximum absolute atomic E-state index is 6.71. The van der Waals surface area contributed by atoms with Crippen LogP contribution in [0.3, 0.4) is 0 Å². The van der Waals surface area contributed by atoms with Gasteiger partial charge in [0.25, 0.3) is 0 Å². The highest BCUT2D eigenvalue weighted by atomic mass is 35.8. The Bertz CT molecular complexity index is 1110. The van der Waals surface area contributed by atoms with Crippen LogP contribution in [0.15, 0.2) is 72.8 Å². The van der Waals surface area contributed by atoms with E-state index in [-0.39, 0.29) is 11.1 Å². The number of rotatable bonds is 2. The van der Waals surface area contributed by atoms with Gasteiger partial charge in [-0.15, -0.1) is 66.5 Å². The molecule has 0 saturated heterocycles. The van der Waals surface area contributed by atoms with Crippen molar-refractivity contribution in [2.24, 2.45) is 0 Å². The summed E-state index contributed by atoms with van der Waals surface area (Å²) in [5.41, 5.74) is 3.19. The quantitative estimate of drug-likeness (QED) is 0.174. The predicted molar refractivity (Wildman–Crippen MR) is 138 cm³/mol. The summed E-state index contributed by atoms with van der Waals surface area (Å²) in [6.45, 7) is 0. The van der Waals surface area contributed by atoms with Crippen molar-refractivity contribution >= 4 is 100 Å². The summed E-state index contributed by atoms with van der Waals surface area (Å²) in [6, 6.07) is 18.3. The first kappa shape index (κ1) is 21.4. The summed E-state index contributed by atoms with van der Waals surface area (Å²) in [5, 5.41) is 4.33. The Labute approximate surface area is 204 Å². The second-order valence-corrected chi connectivity index (χ2v) is 25.1. The highest BCUT2D eigenvalue weighted by molar-refractivity contribution is 7.66. The summed E-state index contributed by atoms with van der Waals surface area (Å²) in [6.07, 6.45) is 0. The van der Waals surface area contributed by atoms with Crippen molar-refractivity contribution < 1.29 is 0 Å². The van der Waals surface area contributed by atoms with Gasteiger partial charge in [-0.2, -0.15) is 0 Å². The molecule has 0 atom stereocenters. The second kappa shape index (κ2) is 7.57. The Balaban J connectivity index is 1.92. The fraction of sp³-hybridized carbons (Fsp3) is 0.0909. The normalized spacial score (nSPS) is 19.0. The molecule has 8 heteroatoms. The van der Waals surface area contributed by atoms with Gasteiger partial charge >= 0.3 is 12.0 Å². The topological polar surface area (TPSA) is 0 Å². The van der Waals surface area contributed by atoms with Crippen LogP contribution in [-0.4, -0.2) is 12.0 Å². The lowest BCUT2D eigenvalue weighted by Gasteiger charge is -2.39. The summed E-state index contributed by atoms with van der Waals surface area (Å²) < 4.78 is 0. The second-order valence-electron chi connectivity index (χ2n) is 7.61. The molecule has 0 N–H and O–H groups in total. The number of hydrogen-bond donors (Lipinski definition) is 0. The zero-order valence-electron chi connectivity index (χ0n) is 15.4. The molecule has 0 fully saturated rings. The molecule has 0 heterocycles. The first-order valence-corrected chi connectivity index (χ1v) is 19.6. The highest BCUT2D eigenvalue weighted by Gasteiger charge is 2.51. The summed E-state index contributed by atoms with van der Waals surface area (Å²) >= 11 is 40.3. The monoisotopic (exact) mass is 544 g/mol. The van der Waals surface area contributed by atoms with E-state index in [0.717, 1.165) is 43.8 Å². The van der Waals surface area contributed by atoms with Gasteiger partial charge < -0.3 is 0 Å². The van der Waals surface area contributed by atoms with Crippen molar-refractivity contribution in [3.8, 4) is 0 Å². The summed E-state index contributed by atoms with van der Waals surface area (Å²) in [5.74, 6) is 0. The molecular weight excluding hydrogens is 533 g/mol. The van der Waals surface area contributed by atoms with Crippen LogP contribution in [-0.2, 0) is 0 Å². The molecule has 30 heavy (non-hydrogen) atoms. The van der Waals surface area contributed by atoms with Crippen LogP contribution in [0.2, 0.25) is 0 Å². The van der Waals surface area contributed by atoms with Gasteiger partial charge in [-0.25, -0.2) is 0 Å². The maximum Gasteiger partial charge on any atom is 0.352 e. The van der Waals surface area contributed by atoms with E-state index in [0.29, 0.717) is 0 Å². The first-order chi connectivity index (χ1) is 14.1. The lowest BCUT2D eigenvalue weighted by molar-refractivity contribution is 0.947. The highest BCUT2D eigenvalue weighted by Crippen LogP contribution is 2.56. The van der Waals surface area contributed by atoms with E-state index in [1.165, 1.54) is 0 Å². The molecule has 0 saturated carbocycles. The van der Waals surface area contributed by atoms with E-state index in [9.17, 15) is 0 Å². The molecule has 152 valence electrons. The molecule has 0 aromatic heterocycles. The van der Waals surface area contributed by atoms with Crippen molar-refractivity contribution in [1.29, 1.82) is 0 Å². The summed E-state index contributed by atoms with van der Waals surface area (Å²) in [4.78, 5) is 0. The van der Waals surface area contributed by atoms with Crippen molar-refractivity contribution in [2.45, 2.75) is 11.1 Å². The molecule has 1 aliphatic rings. The Hall–Kier alpha value is -0.426. The van der Waals surface area contributed by atoms with Crippen LogP contribution in [0, 0.1) is 0 Å². The molecule has 4 aromatic rings. The van der Waals surface area contributed by atoms with Crippen LogP contribution >= 0.6 is 66.5 Å². The lowest BCUT2D eigenvalue weighted by Crippen LogP contribution is -2.36. The van der Waals surface area contributed by atoms with Crippen LogP contribution in [0.1, 0.15) is 33.3 Å². The molecule has 4 aromatic carbocycles. The molecule has 1 aliphatic carbocycles. The number of halogens is 6. The minimum Gasteiger partial charge on any atom is -0.125 e. The van der Waals surface area contributed by atoms with Gasteiger partial charge in [0.15, 0.2) is 0 Å². The molecule has 0 aliphatic heterocycles. The van der Waals surface area contributed by atoms with Crippen molar-refractivity contribution in [1.82, 2.24) is 0 Å². The van der Waals surface area contributed by atoms with Crippen LogP contribution in [0.25, 0.3) is 21.5 Å². The Kier molecular flexibility index (Phi) is 5.40. The first-order valence-electron chi connectivity index (χ1n) is 9.33. The Morgan fingerprint density at radius 3 is 0.867 bits per heavy atom. The third-order valence-corrected chi connectivity index (χ3v) is 12.3. The van der Waals surface area contributed by atoms with Crippen LogP contribution < -0.4 is 0 Å². The maximum atomic E-state index is 6.71. The fourth-order valence-electron chi connectivity index (χ4n) is 4.59. The number of fused-ring (bicyclic) bond motifs is 4. The molecule has 0 nitrogen and oxygen atoms in total. The van der Waals surface area contributed by atoms with Crippen molar-refractivity contribution in [3.63, 3.8) is 0 Å². The van der Waals surface area contributed by atoms with Gasteiger partial charge in [-0.3, -0.25) is 0 Å². The lowest BCUT2D eigenvalue weighted by atomic mass is 9.82. The van der Waals surface area contributed by atoms with Crippen molar-refractivity contribution in [2.75, 3.05) is 0 Å². The molecule has 0 amide bonds. The van der Waals surface area contributed by atoms with E-state index in [2.05, 4.69) is 48.5 Å². The minimum atomic E-state index is -3.22. The number of benzene rings is 4. The van der Waals surface area contributed by atoms with Gasteiger partial charge in [0.05, 0.1) is 0 Å². The van der Waals surface area contributed by atoms with Crippen LogP contribution in [0.4, 0.5) is 0 Å². The zero-order valence-corrected chi connectivity index (χ0v) is 21.9. The SMILES string of the molecule is Cl[Si](Cl)(Cl)C1c2cc3ccccc3cc2C([Si](Cl)(Cl)Cl)c2cc3ccccc3cc21. The predicted octanol–water partition coefficient (Wildman–Crippen LogP) is 8.96. The largest absolute Gasteiger partial charge is 0.352 e. The third-order valence-electron chi connectivity index (χ3n) is 5.80. The van der Waals surface area contributed by atoms with Crippen molar-refractivity contribution in [3.05, 3.63) is 95.1 Å². The molecule has 5 rings (SSSR count). The minimum absolute atomic E-state index is 0.334. The number of hydrogen-bond acceptors (Lipinski definition) is 0. The fourth-order valence-corrected chi connectivity index (χ4v) is 11.2. The molecular formula is C22H14Cl6Si2. The van der Waals surface area contributed by atoms with Gasteiger partial charge in [0.1, 0.15) is 0 Å². The van der Waals surface area contributed by atoms with Gasteiger partial charge in [-0.1, -0.05) is 72.8 Å². The third kappa shape index (κ3) is 3.60.